The molecule has 2 saturated heterocycles. The molecule has 2 heterocycles. The van der Waals surface area contributed by atoms with Crippen LogP contribution in [0.15, 0.2) is 12.2 Å². The number of aliphatic hydroxyl groups excluding tert-OH is 2. The average Bonchev–Trinajstić information content (AvgIpc) is 2.66. The molecule has 3 N–H and O–H groups in total. The summed E-state index contributed by atoms with van der Waals surface area (Å²) in [5, 5.41) is 34.0. The molecule has 5 nitrogen and oxygen atoms in total. The second kappa shape index (κ2) is 4.38. The zero-order chi connectivity index (χ0) is 18.0. The van der Waals surface area contributed by atoms with Crippen molar-refractivity contribution in [3.8, 4) is 0 Å². The van der Waals surface area contributed by atoms with E-state index in [1.807, 2.05) is 0 Å². The maximum absolute atomic E-state index is 13.3. The molecular formula is C20H28O5. The minimum absolute atomic E-state index is 0.131. The van der Waals surface area contributed by atoms with Crippen LogP contribution < -0.4 is 0 Å². The lowest BCUT2D eigenvalue weighted by Gasteiger charge is -2.73. The van der Waals surface area contributed by atoms with E-state index in [2.05, 4.69) is 20.4 Å². The Kier molecular flexibility index (Phi) is 2.88. The van der Waals surface area contributed by atoms with Crippen molar-refractivity contribution >= 4 is 5.78 Å². The second-order valence-electron chi connectivity index (χ2n) is 9.89. The van der Waals surface area contributed by atoms with Gasteiger partial charge in [-0.2, -0.15) is 0 Å². The number of fused-ring (bicyclic) bond motifs is 2. The number of carbonyl (C=O) groups is 1. The van der Waals surface area contributed by atoms with Crippen LogP contribution in [0.5, 0.6) is 0 Å². The van der Waals surface area contributed by atoms with Gasteiger partial charge in [0.05, 0.1) is 12.7 Å². The fraction of sp³-hybridized carbons (Fsp3) is 0.850. The first kappa shape index (κ1) is 16.4. The number of carbonyl (C=O) groups excluding carboxylic acids is 1. The van der Waals surface area contributed by atoms with E-state index < -0.39 is 23.4 Å². The quantitative estimate of drug-likeness (QED) is 0.576. The molecule has 2 aliphatic heterocycles. The molecule has 6 rings (SSSR count). The number of ether oxygens (including phenoxy) is 1. The summed E-state index contributed by atoms with van der Waals surface area (Å²) in [6.45, 7) is 8.58. The Morgan fingerprint density at radius 1 is 1.16 bits per heavy atom. The molecule has 8 atom stereocenters. The predicted octanol–water partition coefficient (Wildman–Crippen LogP) is 1.40. The van der Waals surface area contributed by atoms with Crippen molar-refractivity contribution in [1.82, 2.24) is 0 Å². The highest BCUT2D eigenvalue weighted by molar-refractivity contribution is 6.05. The van der Waals surface area contributed by atoms with Crippen molar-refractivity contribution in [1.29, 1.82) is 0 Å². The minimum atomic E-state index is -2.02. The summed E-state index contributed by atoms with van der Waals surface area (Å²) in [6.07, 6.45) is 2.18. The molecule has 6 fully saturated rings. The van der Waals surface area contributed by atoms with Gasteiger partial charge in [-0.25, -0.2) is 0 Å². The standard InChI is InChI=1S/C20H28O5/c1-10-11-5-6-12-18-8-4-7-17(2,3)13(18)16(23)20(24,25-9-18)19(12,14(10)21)15(11)22/h11-13,15-16,22-24H,1,4-9H2,2-3H3/t11-,12+,13-,15?,16+,18?,19?,20+/m1/s1. The van der Waals surface area contributed by atoms with Crippen LogP contribution in [0.1, 0.15) is 46.0 Å². The molecule has 0 radical (unpaired) electrons. The molecule has 2 spiro atoms. The fourth-order valence-electron chi connectivity index (χ4n) is 7.99. The van der Waals surface area contributed by atoms with E-state index in [1.54, 1.807) is 0 Å². The number of ketones is 1. The van der Waals surface area contributed by atoms with Crippen molar-refractivity contribution < 1.29 is 24.9 Å². The first-order valence-electron chi connectivity index (χ1n) is 9.61. The smallest absolute Gasteiger partial charge is 0.208 e. The van der Waals surface area contributed by atoms with E-state index >= 15 is 0 Å². The Morgan fingerprint density at radius 3 is 2.60 bits per heavy atom. The van der Waals surface area contributed by atoms with Gasteiger partial charge < -0.3 is 20.1 Å². The normalized spacial score (nSPS) is 58.8. The summed E-state index contributed by atoms with van der Waals surface area (Å²) in [7, 11) is 0. The fourth-order valence-corrected chi connectivity index (χ4v) is 7.99. The Morgan fingerprint density at radius 2 is 1.88 bits per heavy atom. The summed E-state index contributed by atoms with van der Waals surface area (Å²) in [4.78, 5) is 13.3. The third-order valence-corrected chi connectivity index (χ3v) is 8.77. The van der Waals surface area contributed by atoms with Crippen LogP contribution in [0.4, 0.5) is 0 Å². The largest absolute Gasteiger partial charge is 0.391 e. The van der Waals surface area contributed by atoms with Gasteiger partial charge in [-0.05, 0) is 42.6 Å². The van der Waals surface area contributed by atoms with Gasteiger partial charge >= 0.3 is 0 Å². The number of hydrogen-bond acceptors (Lipinski definition) is 5. The van der Waals surface area contributed by atoms with Crippen molar-refractivity contribution in [2.75, 3.05) is 6.61 Å². The van der Waals surface area contributed by atoms with Gasteiger partial charge in [-0.15, -0.1) is 0 Å². The molecule has 0 aromatic heterocycles. The lowest BCUT2D eigenvalue weighted by Crippen LogP contribution is -2.83. The number of Topliss-reactive ketones (excluding diaryl/α,β-unsaturated/α-hetero) is 1. The first-order valence-corrected chi connectivity index (χ1v) is 9.61. The van der Waals surface area contributed by atoms with Gasteiger partial charge in [0.1, 0.15) is 11.5 Å². The van der Waals surface area contributed by atoms with E-state index in [1.165, 1.54) is 0 Å². The number of aliphatic hydroxyl groups is 3. The number of hydrogen-bond donors (Lipinski definition) is 3. The van der Waals surface area contributed by atoms with Crippen LogP contribution in [0.3, 0.4) is 0 Å². The van der Waals surface area contributed by atoms with Crippen molar-refractivity contribution in [2.24, 2.45) is 34.0 Å². The van der Waals surface area contributed by atoms with Gasteiger partial charge in [0.25, 0.3) is 0 Å². The van der Waals surface area contributed by atoms with Gasteiger partial charge in [-0.1, -0.05) is 26.8 Å². The molecule has 4 bridgehead atoms. The van der Waals surface area contributed by atoms with Crippen LogP contribution in [0, 0.1) is 34.0 Å². The monoisotopic (exact) mass is 348 g/mol. The minimum Gasteiger partial charge on any atom is -0.391 e. The van der Waals surface area contributed by atoms with Crippen molar-refractivity contribution in [2.45, 2.75) is 63.9 Å². The maximum atomic E-state index is 13.3. The van der Waals surface area contributed by atoms with Gasteiger partial charge in [0, 0.05) is 17.3 Å². The summed E-state index contributed by atoms with van der Waals surface area (Å²) >= 11 is 0. The van der Waals surface area contributed by atoms with Crippen molar-refractivity contribution in [3.63, 3.8) is 0 Å². The van der Waals surface area contributed by atoms with E-state index in [9.17, 15) is 20.1 Å². The highest BCUT2D eigenvalue weighted by Crippen LogP contribution is 2.76. The third kappa shape index (κ3) is 1.41. The molecule has 0 aromatic rings. The molecular weight excluding hydrogens is 320 g/mol. The highest BCUT2D eigenvalue weighted by Gasteiger charge is 2.85. The molecule has 4 aliphatic carbocycles. The van der Waals surface area contributed by atoms with Gasteiger partial charge in [0.15, 0.2) is 5.78 Å². The van der Waals surface area contributed by atoms with Gasteiger partial charge in [0.2, 0.25) is 5.79 Å². The summed E-state index contributed by atoms with van der Waals surface area (Å²) in [6, 6.07) is 0. The maximum Gasteiger partial charge on any atom is 0.208 e. The topological polar surface area (TPSA) is 87.0 Å². The number of rotatable bonds is 0. The van der Waals surface area contributed by atoms with E-state index in [0.717, 1.165) is 32.1 Å². The molecule has 5 heteroatoms. The first-order chi connectivity index (χ1) is 11.6. The molecule has 0 aromatic carbocycles. The Bertz CT molecular complexity index is 686. The summed E-state index contributed by atoms with van der Waals surface area (Å²) in [5.74, 6) is -2.92. The zero-order valence-electron chi connectivity index (χ0n) is 15.0. The van der Waals surface area contributed by atoms with Crippen LogP contribution in [0.25, 0.3) is 0 Å². The SMILES string of the molecule is C=C1C(=O)C23C(O)[C@@H]1CC[C@H]2C12CCCC(C)(C)[C@H]1[C@H](O)[C@]3(O)OC2. The molecule has 25 heavy (non-hydrogen) atoms. The van der Waals surface area contributed by atoms with Crippen LogP contribution in [-0.2, 0) is 9.53 Å². The van der Waals surface area contributed by atoms with Crippen LogP contribution in [0.2, 0.25) is 0 Å². The Hall–Kier alpha value is -0.750. The van der Waals surface area contributed by atoms with E-state index in [4.69, 9.17) is 4.74 Å². The predicted molar refractivity (Wildman–Crippen MR) is 89.3 cm³/mol. The Balaban J connectivity index is 1.79. The van der Waals surface area contributed by atoms with E-state index in [-0.39, 0.29) is 34.4 Å². The summed E-state index contributed by atoms with van der Waals surface area (Å²) < 4.78 is 5.89. The van der Waals surface area contributed by atoms with E-state index in [0.29, 0.717) is 12.2 Å². The average molecular weight is 348 g/mol. The van der Waals surface area contributed by atoms with Gasteiger partial charge in [-0.3, -0.25) is 4.79 Å². The third-order valence-electron chi connectivity index (χ3n) is 8.77. The molecule has 3 unspecified atom stereocenters. The van der Waals surface area contributed by atoms with Crippen molar-refractivity contribution in [3.05, 3.63) is 12.2 Å². The second-order valence-corrected chi connectivity index (χ2v) is 9.89. The lowest BCUT2D eigenvalue weighted by molar-refractivity contribution is -0.448. The summed E-state index contributed by atoms with van der Waals surface area (Å²) in [5.41, 5.74) is -1.56. The molecule has 4 saturated carbocycles. The molecule has 0 amide bonds. The lowest BCUT2D eigenvalue weighted by atomic mass is 9.36. The molecule has 138 valence electrons. The molecule has 6 aliphatic rings. The highest BCUT2D eigenvalue weighted by atomic mass is 16.6. The van der Waals surface area contributed by atoms with Crippen LogP contribution >= 0.6 is 0 Å². The Labute approximate surface area is 148 Å². The zero-order valence-corrected chi connectivity index (χ0v) is 15.0. The van der Waals surface area contributed by atoms with Crippen LogP contribution in [-0.4, -0.2) is 45.7 Å².